The highest BCUT2D eigenvalue weighted by Gasteiger charge is 2.28. The Balaban J connectivity index is 1.93. The van der Waals surface area contributed by atoms with Crippen molar-refractivity contribution in [2.45, 2.75) is 25.6 Å². The molecule has 0 aliphatic rings. The van der Waals surface area contributed by atoms with Gasteiger partial charge in [0, 0.05) is 0 Å². The molecule has 0 radical (unpaired) electrons. The molecule has 2 rings (SSSR count). The summed E-state index contributed by atoms with van der Waals surface area (Å²) in [6.07, 6.45) is 1.88. The zero-order chi connectivity index (χ0) is 15.9. The zero-order valence-electron chi connectivity index (χ0n) is 11.9. The summed E-state index contributed by atoms with van der Waals surface area (Å²) in [6, 6.07) is 7.32. The van der Waals surface area contributed by atoms with Crippen LogP contribution < -0.4 is 5.32 Å². The molecule has 1 amide bonds. The lowest BCUT2D eigenvalue weighted by molar-refractivity contribution is -0.140. The largest absolute Gasteiger partial charge is 0.480 e. The summed E-state index contributed by atoms with van der Waals surface area (Å²) >= 11 is 0. The molecule has 2 N–H and O–H groups in total. The summed E-state index contributed by atoms with van der Waals surface area (Å²) in [7, 11) is 0. The van der Waals surface area contributed by atoms with Gasteiger partial charge in [0.25, 0.3) is 0 Å². The van der Waals surface area contributed by atoms with Crippen LogP contribution in [0.15, 0.2) is 43.0 Å². The second kappa shape index (κ2) is 7.21. The van der Waals surface area contributed by atoms with E-state index in [9.17, 15) is 14.7 Å². The van der Waals surface area contributed by atoms with Gasteiger partial charge in [-0.25, -0.2) is 19.3 Å². The molecule has 1 heterocycles. The Labute approximate surface area is 126 Å². The number of alkyl carbamates (subject to hydrolysis) is 1. The summed E-state index contributed by atoms with van der Waals surface area (Å²) in [5, 5.41) is 15.4. The Morgan fingerprint density at radius 3 is 2.68 bits per heavy atom. The number of aromatic nitrogens is 3. The molecule has 0 bridgehead atoms. The van der Waals surface area contributed by atoms with Crippen molar-refractivity contribution >= 4 is 12.1 Å². The first-order valence-electron chi connectivity index (χ1n) is 6.62. The Hall–Kier alpha value is -2.90. The van der Waals surface area contributed by atoms with Gasteiger partial charge in [0.2, 0.25) is 0 Å². The average molecular weight is 304 g/mol. The van der Waals surface area contributed by atoms with Crippen LogP contribution in [0.2, 0.25) is 0 Å². The fourth-order valence-corrected chi connectivity index (χ4v) is 1.86. The van der Waals surface area contributed by atoms with Crippen LogP contribution in [0.25, 0.3) is 0 Å². The van der Waals surface area contributed by atoms with Gasteiger partial charge < -0.3 is 15.2 Å². The normalized spacial score (nSPS) is 13.1. The molecule has 2 atom stereocenters. The number of hydrogen-bond acceptors (Lipinski definition) is 5. The van der Waals surface area contributed by atoms with Crippen LogP contribution >= 0.6 is 0 Å². The minimum atomic E-state index is -1.18. The second-order valence-corrected chi connectivity index (χ2v) is 4.64. The quantitative estimate of drug-likeness (QED) is 0.831. The van der Waals surface area contributed by atoms with Gasteiger partial charge in [-0.1, -0.05) is 30.3 Å². The van der Waals surface area contributed by atoms with E-state index in [1.54, 1.807) is 19.1 Å². The molecule has 0 aliphatic heterocycles. The Morgan fingerprint density at radius 2 is 2.09 bits per heavy atom. The molecule has 22 heavy (non-hydrogen) atoms. The second-order valence-electron chi connectivity index (χ2n) is 4.64. The highest BCUT2D eigenvalue weighted by atomic mass is 16.5. The van der Waals surface area contributed by atoms with E-state index in [0.717, 1.165) is 5.56 Å². The van der Waals surface area contributed by atoms with E-state index in [1.807, 2.05) is 18.2 Å². The van der Waals surface area contributed by atoms with Crippen LogP contribution in [0.1, 0.15) is 18.5 Å². The van der Waals surface area contributed by atoms with Crippen molar-refractivity contribution in [3.63, 3.8) is 0 Å². The number of ether oxygens (including phenoxy) is 1. The van der Waals surface area contributed by atoms with Crippen molar-refractivity contribution in [3.8, 4) is 0 Å². The fraction of sp³-hybridized carbons (Fsp3) is 0.286. The number of hydrogen-bond donors (Lipinski definition) is 2. The molecule has 0 saturated carbocycles. The van der Waals surface area contributed by atoms with E-state index in [2.05, 4.69) is 15.4 Å². The molecular formula is C14H16N4O4. The van der Waals surface area contributed by atoms with Gasteiger partial charge in [0.1, 0.15) is 19.3 Å². The predicted octanol–water partition coefficient (Wildman–Crippen LogP) is 1.22. The van der Waals surface area contributed by atoms with Gasteiger partial charge in [-0.15, -0.1) is 0 Å². The molecule has 0 saturated heterocycles. The first kappa shape index (κ1) is 15.5. The van der Waals surface area contributed by atoms with Gasteiger partial charge in [-0.05, 0) is 12.5 Å². The van der Waals surface area contributed by atoms with E-state index in [-0.39, 0.29) is 6.61 Å². The molecule has 8 nitrogen and oxygen atoms in total. The predicted molar refractivity (Wildman–Crippen MR) is 75.9 cm³/mol. The smallest absolute Gasteiger partial charge is 0.408 e. The van der Waals surface area contributed by atoms with Crippen LogP contribution in [0.3, 0.4) is 0 Å². The molecule has 2 aromatic rings. The SMILES string of the molecule is CC(C(NC(=O)OCc1ccccc1)C(=O)O)n1cncn1. The zero-order valence-corrected chi connectivity index (χ0v) is 11.9. The van der Waals surface area contributed by atoms with E-state index >= 15 is 0 Å². The standard InChI is InChI=1S/C14H16N4O4/c1-10(18-9-15-8-16-18)12(13(19)20)17-14(21)22-7-11-5-3-2-4-6-11/h2-6,8-10,12H,7H2,1H3,(H,17,21)(H,19,20). The van der Waals surface area contributed by atoms with E-state index in [1.165, 1.54) is 17.3 Å². The third-order valence-corrected chi connectivity index (χ3v) is 3.09. The van der Waals surface area contributed by atoms with Gasteiger partial charge in [-0.3, -0.25) is 0 Å². The van der Waals surface area contributed by atoms with Crippen molar-refractivity contribution in [2.75, 3.05) is 0 Å². The van der Waals surface area contributed by atoms with Crippen molar-refractivity contribution < 1.29 is 19.4 Å². The summed E-state index contributed by atoms with van der Waals surface area (Å²) < 4.78 is 6.37. The Bertz CT molecular complexity index is 615. The van der Waals surface area contributed by atoms with Gasteiger partial charge >= 0.3 is 12.1 Å². The lowest BCUT2D eigenvalue weighted by Gasteiger charge is -2.21. The number of nitrogens with zero attached hydrogens (tertiary/aromatic N) is 3. The number of carbonyl (C=O) groups excluding carboxylic acids is 1. The Morgan fingerprint density at radius 1 is 1.36 bits per heavy atom. The number of benzene rings is 1. The van der Waals surface area contributed by atoms with Crippen LogP contribution in [0.5, 0.6) is 0 Å². The van der Waals surface area contributed by atoms with Crippen molar-refractivity contribution in [1.29, 1.82) is 0 Å². The maximum Gasteiger partial charge on any atom is 0.408 e. The summed E-state index contributed by atoms with van der Waals surface area (Å²) in [4.78, 5) is 26.8. The fourth-order valence-electron chi connectivity index (χ4n) is 1.86. The van der Waals surface area contributed by atoms with Gasteiger partial charge in [0.15, 0.2) is 6.04 Å². The summed E-state index contributed by atoms with van der Waals surface area (Å²) in [6.45, 7) is 1.68. The molecular weight excluding hydrogens is 288 g/mol. The van der Waals surface area contributed by atoms with Crippen molar-refractivity contribution in [2.24, 2.45) is 0 Å². The molecule has 0 fully saturated rings. The minimum absolute atomic E-state index is 0.0662. The first-order valence-corrected chi connectivity index (χ1v) is 6.62. The molecule has 8 heteroatoms. The number of carbonyl (C=O) groups is 2. The third-order valence-electron chi connectivity index (χ3n) is 3.09. The van der Waals surface area contributed by atoms with E-state index in [0.29, 0.717) is 0 Å². The van der Waals surface area contributed by atoms with Gasteiger partial charge in [0.05, 0.1) is 6.04 Å². The topological polar surface area (TPSA) is 106 Å². The van der Waals surface area contributed by atoms with Gasteiger partial charge in [-0.2, -0.15) is 5.10 Å². The number of nitrogens with one attached hydrogen (secondary N) is 1. The summed E-state index contributed by atoms with van der Waals surface area (Å²) in [5.74, 6) is -1.18. The third kappa shape index (κ3) is 4.05. The first-order chi connectivity index (χ1) is 10.6. The van der Waals surface area contributed by atoms with Crippen LogP contribution in [0.4, 0.5) is 4.79 Å². The van der Waals surface area contributed by atoms with Crippen LogP contribution in [-0.4, -0.2) is 38.0 Å². The van der Waals surface area contributed by atoms with Crippen LogP contribution in [0, 0.1) is 0 Å². The molecule has 1 aromatic carbocycles. The molecule has 116 valence electrons. The minimum Gasteiger partial charge on any atom is -0.480 e. The van der Waals surface area contributed by atoms with E-state index < -0.39 is 24.1 Å². The highest BCUT2D eigenvalue weighted by Crippen LogP contribution is 2.10. The number of carboxylic acid groups (broad SMARTS) is 1. The molecule has 2 unspecified atom stereocenters. The number of carboxylic acids is 1. The van der Waals surface area contributed by atoms with Crippen molar-refractivity contribution in [1.82, 2.24) is 20.1 Å². The maximum atomic E-state index is 11.8. The Kier molecular flexibility index (Phi) is 5.07. The lowest BCUT2D eigenvalue weighted by Crippen LogP contribution is -2.46. The molecule has 0 aliphatic carbocycles. The van der Waals surface area contributed by atoms with E-state index in [4.69, 9.17) is 4.74 Å². The maximum absolute atomic E-state index is 11.8. The average Bonchev–Trinajstić information content (AvgIpc) is 3.05. The highest BCUT2D eigenvalue weighted by molar-refractivity contribution is 5.80. The number of aliphatic carboxylic acids is 1. The monoisotopic (exact) mass is 304 g/mol. The van der Waals surface area contributed by atoms with Crippen molar-refractivity contribution in [3.05, 3.63) is 48.5 Å². The number of amides is 1. The summed E-state index contributed by atoms with van der Waals surface area (Å²) in [5.41, 5.74) is 0.814. The van der Waals surface area contributed by atoms with Crippen LogP contribution in [-0.2, 0) is 16.1 Å². The molecule has 1 aromatic heterocycles. The lowest BCUT2D eigenvalue weighted by atomic mass is 10.1. The number of rotatable bonds is 6. The molecule has 0 spiro atoms.